The number of hydrogen-bond acceptors (Lipinski definition) is 3. The summed E-state index contributed by atoms with van der Waals surface area (Å²) in [6, 6.07) is 9.63. The smallest absolute Gasteiger partial charge is 0.111 e. The van der Waals surface area contributed by atoms with Gasteiger partial charge in [0, 0.05) is 31.4 Å². The number of aryl methyl sites for hydroxylation is 1. The average molecular weight is 273 g/mol. The quantitative estimate of drug-likeness (QED) is 0.848. The number of aromatic nitrogens is 2. The Bertz CT molecular complexity index is 536. The lowest BCUT2D eigenvalue weighted by molar-refractivity contribution is 0.0319. The molecule has 108 valence electrons. The van der Waals surface area contributed by atoms with Crippen LogP contribution < -0.4 is 5.73 Å². The van der Waals surface area contributed by atoms with E-state index in [0.717, 1.165) is 11.4 Å². The molecule has 2 aromatic rings. The summed E-state index contributed by atoms with van der Waals surface area (Å²) < 4.78 is 2.09. The number of benzene rings is 1. The fourth-order valence-electron chi connectivity index (χ4n) is 2.43. The van der Waals surface area contributed by atoms with Gasteiger partial charge in [-0.1, -0.05) is 44.2 Å². The highest BCUT2D eigenvalue weighted by Crippen LogP contribution is 2.25. The van der Waals surface area contributed by atoms with Crippen LogP contribution in [0.4, 0.5) is 0 Å². The number of nitrogens with two attached hydrogens (primary N) is 1. The number of rotatable bonds is 6. The van der Waals surface area contributed by atoms with Crippen LogP contribution in [-0.2, 0) is 12.1 Å². The molecule has 0 amide bonds. The minimum atomic E-state index is -0.986. The molecule has 1 unspecified atom stereocenters. The van der Waals surface area contributed by atoms with Crippen LogP contribution in [0.5, 0.6) is 0 Å². The van der Waals surface area contributed by atoms with Crippen molar-refractivity contribution in [3.63, 3.8) is 0 Å². The number of hydrogen-bond donors (Lipinski definition) is 2. The third-order valence-electron chi connectivity index (χ3n) is 3.68. The summed E-state index contributed by atoms with van der Waals surface area (Å²) >= 11 is 0. The normalized spacial score (nSPS) is 14.4. The van der Waals surface area contributed by atoms with Crippen molar-refractivity contribution in [3.05, 3.63) is 54.1 Å². The Hall–Kier alpha value is -1.65. The van der Waals surface area contributed by atoms with Crippen LogP contribution in [0.1, 0.15) is 37.6 Å². The summed E-state index contributed by atoms with van der Waals surface area (Å²) in [4.78, 5) is 4.37. The van der Waals surface area contributed by atoms with Crippen molar-refractivity contribution in [3.8, 4) is 0 Å². The van der Waals surface area contributed by atoms with Crippen LogP contribution in [0.3, 0.4) is 0 Å². The highest BCUT2D eigenvalue weighted by molar-refractivity contribution is 5.22. The first-order valence-corrected chi connectivity index (χ1v) is 7.06. The van der Waals surface area contributed by atoms with Crippen molar-refractivity contribution in [1.29, 1.82) is 0 Å². The molecule has 0 saturated heterocycles. The summed E-state index contributed by atoms with van der Waals surface area (Å²) in [6.45, 7) is 5.15. The zero-order chi connectivity index (χ0) is 14.6. The van der Waals surface area contributed by atoms with Crippen LogP contribution in [-0.4, -0.2) is 21.2 Å². The van der Waals surface area contributed by atoms with Gasteiger partial charge in [-0.25, -0.2) is 4.98 Å². The van der Waals surface area contributed by atoms with E-state index >= 15 is 0 Å². The lowest BCUT2D eigenvalue weighted by Crippen LogP contribution is -2.36. The van der Waals surface area contributed by atoms with E-state index in [0.29, 0.717) is 18.9 Å². The monoisotopic (exact) mass is 273 g/mol. The third kappa shape index (κ3) is 3.08. The Kier molecular flexibility index (Phi) is 4.57. The van der Waals surface area contributed by atoms with Gasteiger partial charge in [-0.2, -0.15) is 0 Å². The first-order valence-electron chi connectivity index (χ1n) is 7.06. The van der Waals surface area contributed by atoms with E-state index in [1.165, 1.54) is 0 Å². The number of nitrogens with zero attached hydrogens (tertiary/aromatic N) is 2. The molecule has 1 aromatic carbocycles. The molecule has 2 rings (SSSR count). The fourth-order valence-corrected chi connectivity index (χ4v) is 2.43. The van der Waals surface area contributed by atoms with E-state index in [4.69, 9.17) is 5.73 Å². The molecule has 1 atom stereocenters. The second-order valence-corrected chi connectivity index (χ2v) is 5.49. The molecule has 0 aliphatic carbocycles. The minimum absolute atomic E-state index is 0.211. The predicted octanol–water partition coefficient (Wildman–Crippen LogP) is 2.24. The van der Waals surface area contributed by atoms with Gasteiger partial charge < -0.3 is 15.4 Å². The van der Waals surface area contributed by atoms with Gasteiger partial charge in [0.1, 0.15) is 11.4 Å². The standard InChI is InChI=1S/C16H23N3O/c1-13(2)15-18-9-11-19(15)10-8-16(20,12-17)14-6-4-3-5-7-14/h3-7,9,11,13,20H,8,10,12,17H2,1-2H3. The summed E-state index contributed by atoms with van der Waals surface area (Å²) in [6.07, 6.45) is 4.33. The summed E-state index contributed by atoms with van der Waals surface area (Å²) in [7, 11) is 0. The highest BCUT2D eigenvalue weighted by atomic mass is 16.3. The molecule has 0 aliphatic rings. The lowest BCUT2D eigenvalue weighted by atomic mass is 9.90. The molecular formula is C16H23N3O. The van der Waals surface area contributed by atoms with E-state index in [1.54, 1.807) is 6.20 Å². The van der Waals surface area contributed by atoms with Gasteiger partial charge in [-0.15, -0.1) is 0 Å². The van der Waals surface area contributed by atoms with Crippen molar-refractivity contribution in [2.75, 3.05) is 6.54 Å². The van der Waals surface area contributed by atoms with Crippen LogP contribution in [0.25, 0.3) is 0 Å². The van der Waals surface area contributed by atoms with Gasteiger partial charge in [0.25, 0.3) is 0 Å². The Balaban J connectivity index is 2.13. The summed E-state index contributed by atoms with van der Waals surface area (Å²) in [5.74, 6) is 1.41. The van der Waals surface area contributed by atoms with Crippen LogP contribution in [0, 0.1) is 0 Å². The summed E-state index contributed by atoms with van der Waals surface area (Å²) in [5.41, 5.74) is 5.68. The van der Waals surface area contributed by atoms with Crippen molar-refractivity contribution in [2.24, 2.45) is 5.73 Å². The SMILES string of the molecule is CC(C)c1nccn1CCC(O)(CN)c1ccccc1. The molecule has 0 fully saturated rings. The van der Waals surface area contributed by atoms with E-state index in [9.17, 15) is 5.11 Å². The van der Waals surface area contributed by atoms with Crippen LogP contribution in [0.15, 0.2) is 42.7 Å². The van der Waals surface area contributed by atoms with Gasteiger partial charge >= 0.3 is 0 Å². The minimum Gasteiger partial charge on any atom is -0.384 e. The second kappa shape index (κ2) is 6.20. The number of aliphatic hydroxyl groups is 1. The largest absolute Gasteiger partial charge is 0.384 e. The van der Waals surface area contributed by atoms with Crippen LogP contribution >= 0.6 is 0 Å². The zero-order valence-electron chi connectivity index (χ0n) is 12.2. The molecule has 3 N–H and O–H groups in total. The average Bonchev–Trinajstić information content (AvgIpc) is 2.94. The lowest BCUT2D eigenvalue weighted by Gasteiger charge is -2.27. The maximum Gasteiger partial charge on any atom is 0.111 e. The van der Waals surface area contributed by atoms with Gasteiger partial charge in [0.15, 0.2) is 0 Å². The molecule has 20 heavy (non-hydrogen) atoms. The Labute approximate surface area is 120 Å². The Morgan fingerprint density at radius 1 is 1.30 bits per heavy atom. The van der Waals surface area contributed by atoms with Crippen molar-refractivity contribution in [2.45, 2.75) is 38.3 Å². The number of imidazole rings is 1. The maximum absolute atomic E-state index is 10.8. The molecule has 4 heteroatoms. The van der Waals surface area contributed by atoms with E-state index in [1.807, 2.05) is 36.5 Å². The Morgan fingerprint density at radius 3 is 2.60 bits per heavy atom. The van der Waals surface area contributed by atoms with E-state index in [-0.39, 0.29) is 6.54 Å². The zero-order valence-corrected chi connectivity index (χ0v) is 12.2. The maximum atomic E-state index is 10.8. The van der Waals surface area contributed by atoms with Crippen molar-refractivity contribution < 1.29 is 5.11 Å². The van der Waals surface area contributed by atoms with Crippen molar-refractivity contribution in [1.82, 2.24) is 9.55 Å². The summed E-state index contributed by atoms with van der Waals surface area (Å²) in [5, 5.41) is 10.8. The predicted molar refractivity (Wildman–Crippen MR) is 80.3 cm³/mol. The molecule has 0 saturated carbocycles. The highest BCUT2D eigenvalue weighted by Gasteiger charge is 2.27. The molecular weight excluding hydrogens is 250 g/mol. The first-order chi connectivity index (χ1) is 9.57. The second-order valence-electron chi connectivity index (χ2n) is 5.49. The molecule has 1 aromatic heterocycles. The van der Waals surface area contributed by atoms with Gasteiger partial charge in [0.05, 0.1) is 0 Å². The van der Waals surface area contributed by atoms with Gasteiger partial charge in [0.2, 0.25) is 0 Å². The first kappa shape index (κ1) is 14.8. The molecule has 0 bridgehead atoms. The topological polar surface area (TPSA) is 64.1 Å². The van der Waals surface area contributed by atoms with Crippen molar-refractivity contribution >= 4 is 0 Å². The van der Waals surface area contributed by atoms with Gasteiger partial charge in [-0.3, -0.25) is 0 Å². The van der Waals surface area contributed by atoms with Crippen LogP contribution in [0.2, 0.25) is 0 Å². The molecule has 4 nitrogen and oxygen atoms in total. The van der Waals surface area contributed by atoms with E-state index < -0.39 is 5.60 Å². The van der Waals surface area contributed by atoms with E-state index in [2.05, 4.69) is 23.4 Å². The third-order valence-corrected chi connectivity index (χ3v) is 3.68. The molecule has 0 spiro atoms. The molecule has 0 aliphatic heterocycles. The fraction of sp³-hybridized carbons (Fsp3) is 0.438. The Morgan fingerprint density at radius 2 is 2.00 bits per heavy atom. The van der Waals surface area contributed by atoms with Gasteiger partial charge in [-0.05, 0) is 12.0 Å². The molecule has 0 radical (unpaired) electrons. The molecule has 1 heterocycles.